The van der Waals surface area contributed by atoms with Gasteiger partial charge in [-0.2, -0.15) is 4.31 Å². The number of carbonyl (C=O) groups is 1. The van der Waals surface area contributed by atoms with E-state index in [4.69, 9.17) is 0 Å². The van der Waals surface area contributed by atoms with E-state index in [1.807, 2.05) is 6.07 Å². The van der Waals surface area contributed by atoms with Gasteiger partial charge in [-0.3, -0.25) is 4.79 Å². The van der Waals surface area contributed by atoms with Crippen LogP contribution in [0.25, 0.3) is 0 Å². The van der Waals surface area contributed by atoms with E-state index in [2.05, 4.69) is 21.2 Å². The fourth-order valence-electron chi connectivity index (χ4n) is 2.48. The van der Waals surface area contributed by atoms with Gasteiger partial charge in [0.1, 0.15) is 0 Å². The molecule has 0 radical (unpaired) electrons. The highest BCUT2D eigenvalue weighted by molar-refractivity contribution is 9.10. The van der Waals surface area contributed by atoms with Gasteiger partial charge < -0.3 is 10.2 Å². The second-order valence-corrected chi connectivity index (χ2v) is 8.20. The third-order valence-corrected chi connectivity index (χ3v) is 6.10. The van der Waals surface area contributed by atoms with Gasteiger partial charge in [-0.1, -0.05) is 22.0 Å². The molecular formula is C14H21BrN3O3S+. The molecule has 22 heavy (non-hydrogen) atoms. The zero-order valence-corrected chi connectivity index (χ0v) is 14.9. The molecule has 0 bridgehead atoms. The Morgan fingerprint density at radius 1 is 1.36 bits per heavy atom. The molecule has 8 heteroatoms. The number of hydrogen-bond acceptors (Lipinski definition) is 3. The van der Waals surface area contributed by atoms with E-state index in [1.54, 1.807) is 18.2 Å². The summed E-state index contributed by atoms with van der Waals surface area (Å²) in [5.41, 5.74) is 0. The van der Waals surface area contributed by atoms with Crippen molar-refractivity contribution in [2.75, 3.05) is 39.3 Å². The largest absolute Gasteiger partial charge is 0.351 e. The first-order chi connectivity index (χ1) is 10.4. The van der Waals surface area contributed by atoms with E-state index < -0.39 is 10.0 Å². The molecule has 1 amide bonds. The van der Waals surface area contributed by atoms with Crippen LogP contribution in [0.4, 0.5) is 0 Å². The van der Waals surface area contributed by atoms with Crippen molar-refractivity contribution in [3.05, 3.63) is 28.7 Å². The van der Waals surface area contributed by atoms with E-state index in [0.29, 0.717) is 24.5 Å². The van der Waals surface area contributed by atoms with Crippen LogP contribution in [0, 0.1) is 0 Å². The zero-order chi connectivity index (χ0) is 16.2. The third kappa shape index (κ3) is 4.52. The molecule has 1 heterocycles. The summed E-state index contributed by atoms with van der Waals surface area (Å²) in [6, 6.07) is 6.79. The van der Waals surface area contributed by atoms with Crippen LogP contribution in [0.15, 0.2) is 33.6 Å². The number of piperazine rings is 1. The number of hydrogen-bond donors (Lipinski definition) is 2. The van der Waals surface area contributed by atoms with Gasteiger partial charge in [-0.05, 0) is 18.2 Å². The van der Waals surface area contributed by atoms with E-state index in [1.165, 1.54) is 16.1 Å². The van der Waals surface area contributed by atoms with Crippen LogP contribution in [0.5, 0.6) is 0 Å². The van der Waals surface area contributed by atoms with Gasteiger partial charge in [0.2, 0.25) is 15.9 Å². The van der Waals surface area contributed by atoms with Crippen LogP contribution in [0.1, 0.15) is 6.92 Å². The first-order valence-electron chi connectivity index (χ1n) is 7.23. The van der Waals surface area contributed by atoms with Crippen LogP contribution >= 0.6 is 15.9 Å². The SMILES string of the molecule is CC(=O)NCC[NH+]1CCN(S(=O)(=O)c2cccc(Br)c2)CC1. The third-order valence-electron chi connectivity index (χ3n) is 3.72. The maximum absolute atomic E-state index is 12.6. The molecule has 0 aliphatic carbocycles. The molecule has 1 aromatic rings. The predicted molar refractivity (Wildman–Crippen MR) is 87.1 cm³/mol. The number of halogens is 1. The minimum Gasteiger partial charge on any atom is -0.351 e. The van der Waals surface area contributed by atoms with Crippen molar-refractivity contribution in [3.63, 3.8) is 0 Å². The van der Waals surface area contributed by atoms with Crippen molar-refractivity contribution in [2.45, 2.75) is 11.8 Å². The van der Waals surface area contributed by atoms with Gasteiger partial charge in [0.25, 0.3) is 0 Å². The number of nitrogens with zero attached hydrogens (tertiary/aromatic N) is 1. The smallest absolute Gasteiger partial charge is 0.243 e. The first-order valence-corrected chi connectivity index (χ1v) is 9.46. The number of rotatable bonds is 5. The van der Waals surface area contributed by atoms with Gasteiger partial charge in [-0.25, -0.2) is 8.42 Å². The molecule has 0 unspecified atom stereocenters. The maximum Gasteiger partial charge on any atom is 0.243 e. The first kappa shape index (κ1) is 17.4. The molecule has 2 rings (SSSR count). The van der Waals surface area contributed by atoms with Gasteiger partial charge in [0.05, 0.1) is 44.2 Å². The van der Waals surface area contributed by atoms with E-state index in [0.717, 1.165) is 24.1 Å². The quantitative estimate of drug-likeness (QED) is 0.710. The van der Waals surface area contributed by atoms with Gasteiger partial charge >= 0.3 is 0 Å². The lowest BCUT2D eigenvalue weighted by Gasteiger charge is -2.31. The van der Waals surface area contributed by atoms with Crippen molar-refractivity contribution in [2.24, 2.45) is 0 Å². The molecule has 1 aliphatic rings. The summed E-state index contributed by atoms with van der Waals surface area (Å²) in [6.45, 7) is 5.47. The van der Waals surface area contributed by atoms with E-state index in [-0.39, 0.29) is 5.91 Å². The summed E-state index contributed by atoms with van der Waals surface area (Å²) >= 11 is 3.31. The monoisotopic (exact) mass is 390 g/mol. The van der Waals surface area contributed by atoms with Crippen molar-refractivity contribution in [1.82, 2.24) is 9.62 Å². The van der Waals surface area contributed by atoms with Crippen molar-refractivity contribution in [3.8, 4) is 0 Å². The molecule has 1 saturated heterocycles. The van der Waals surface area contributed by atoms with Crippen LogP contribution in [-0.2, 0) is 14.8 Å². The number of sulfonamides is 1. The minimum absolute atomic E-state index is 0.0322. The Morgan fingerprint density at radius 2 is 2.05 bits per heavy atom. The van der Waals surface area contributed by atoms with Crippen molar-refractivity contribution in [1.29, 1.82) is 0 Å². The Balaban J connectivity index is 1.92. The zero-order valence-electron chi connectivity index (χ0n) is 12.5. The molecule has 0 atom stereocenters. The molecule has 0 spiro atoms. The van der Waals surface area contributed by atoms with E-state index in [9.17, 15) is 13.2 Å². The second kappa shape index (κ2) is 7.54. The lowest BCUT2D eigenvalue weighted by Crippen LogP contribution is -3.15. The lowest BCUT2D eigenvalue weighted by atomic mass is 10.3. The van der Waals surface area contributed by atoms with Crippen LogP contribution in [0.2, 0.25) is 0 Å². The van der Waals surface area contributed by atoms with Crippen molar-refractivity contribution < 1.29 is 18.1 Å². The van der Waals surface area contributed by atoms with Crippen LogP contribution < -0.4 is 10.2 Å². The maximum atomic E-state index is 12.6. The fraction of sp³-hybridized carbons (Fsp3) is 0.500. The molecule has 1 fully saturated rings. The summed E-state index contributed by atoms with van der Waals surface area (Å²) < 4.78 is 27.5. The van der Waals surface area contributed by atoms with Crippen molar-refractivity contribution >= 4 is 31.9 Å². The number of quaternary nitrogens is 1. The highest BCUT2D eigenvalue weighted by Gasteiger charge is 2.30. The molecule has 2 N–H and O–H groups in total. The Morgan fingerprint density at radius 3 is 2.64 bits per heavy atom. The Hall–Kier alpha value is -0.960. The molecule has 0 aromatic heterocycles. The normalized spacial score (nSPS) is 17.4. The van der Waals surface area contributed by atoms with E-state index >= 15 is 0 Å². The summed E-state index contributed by atoms with van der Waals surface area (Å²) in [6.07, 6.45) is 0. The number of carbonyl (C=O) groups excluding carboxylic acids is 1. The number of nitrogens with one attached hydrogen (secondary N) is 2. The topological polar surface area (TPSA) is 70.9 Å². The summed E-state index contributed by atoms with van der Waals surface area (Å²) in [7, 11) is -3.42. The molecule has 0 saturated carbocycles. The average molecular weight is 391 g/mol. The predicted octanol–water partition coefficient (Wildman–Crippen LogP) is -0.526. The summed E-state index contributed by atoms with van der Waals surface area (Å²) in [4.78, 5) is 12.5. The summed E-state index contributed by atoms with van der Waals surface area (Å²) in [5, 5.41) is 2.77. The lowest BCUT2D eigenvalue weighted by molar-refractivity contribution is -0.902. The second-order valence-electron chi connectivity index (χ2n) is 5.34. The molecule has 122 valence electrons. The standard InChI is InChI=1S/C14H20BrN3O3S/c1-12(19)16-5-6-17-7-9-18(10-8-17)22(20,21)14-4-2-3-13(15)11-14/h2-4,11H,5-10H2,1H3,(H,16,19)/p+1. The highest BCUT2D eigenvalue weighted by Crippen LogP contribution is 2.19. The van der Waals surface area contributed by atoms with Crippen LogP contribution in [-0.4, -0.2) is 57.9 Å². The Labute approximate surface area is 139 Å². The molecule has 1 aromatic carbocycles. The van der Waals surface area contributed by atoms with Gasteiger partial charge in [0.15, 0.2) is 0 Å². The molecular weight excluding hydrogens is 370 g/mol. The Kier molecular flexibility index (Phi) is 5.96. The fourth-order valence-corrected chi connectivity index (χ4v) is 4.52. The molecule has 6 nitrogen and oxygen atoms in total. The summed E-state index contributed by atoms with van der Waals surface area (Å²) in [5.74, 6) is -0.0322. The Bertz CT molecular complexity index is 628. The molecule has 1 aliphatic heterocycles. The minimum atomic E-state index is -3.42. The number of benzene rings is 1. The number of amides is 1. The van der Waals surface area contributed by atoms with Crippen LogP contribution in [0.3, 0.4) is 0 Å². The van der Waals surface area contributed by atoms with Gasteiger partial charge in [0, 0.05) is 11.4 Å². The van der Waals surface area contributed by atoms with Gasteiger partial charge in [-0.15, -0.1) is 0 Å². The highest BCUT2D eigenvalue weighted by atomic mass is 79.9. The average Bonchev–Trinajstić information content (AvgIpc) is 2.47.